The van der Waals surface area contributed by atoms with Gasteiger partial charge >= 0.3 is 0 Å². The van der Waals surface area contributed by atoms with E-state index in [9.17, 15) is 13.0 Å². The van der Waals surface area contributed by atoms with E-state index in [0.29, 0.717) is 16.5 Å². The molecule has 1 aromatic heterocycles. The number of nitrogens with zero attached hydrogens (tertiary/aromatic N) is 3. The van der Waals surface area contributed by atoms with Crippen molar-refractivity contribution in [2.24, 2.45) is 15.6 Å². The minimum absolute atomic E-state index is 0.0207. The molecule has 3 N–H and O–H groups in total. The average Bonchev–Trinajstić information content (AvgIpc) is 2.93. The second-order valence-electron chi connectivity index (χ2n) is 8.07. The van der Waals surface area contributed by atoms with E-state index in [1.54, 1.807) is 36.5 Å². The van der Waals surface area contributed by atoms with Crippen LogP contribution in [0.1, 0.15) is 19.5 Å². The molecule has 8 heteroatoms. The summed E-state index contributed by atoms with van der Waals surface area (Å²) in [5, 5.41) is 9.06. The monoisotopic (exact) mass is 446 g/mol. The average molecular weight is 447 g/mol. The smallest absolute Gasteiger partial charge is 0.295 e. The van der Waals surface area contributed by atoms with Crippen LogP contribution < -0.4 is 5.73 Å². The molecule has 0 unspecified atom stereocenters. The third-order valence-electron chi connectivity index (χ3n) is 5.12. The van der Waals surface area contributed by atoms with Gasteiger partial charge in [-0.05, 0) is 23.8 Å². The highest BCUT2D eigenvalue weighted by Crippen LogP contribution is 2.36. The second kappa shape index (κ2) is 8.14. The highest BCUT2D eigenvalue weighted by molar-refractivity contribution is 7.86. The lowest BCUT2D eigenvalue weighted by Crippen LogP contribution is -2.01. The van der Waals surface area contributed by atoms with Gasteiger partial charge in [0.15, 0.2) is 0 Å². The van der Waals surface area contributed by atoms with Crippen molar-refractivity contribution in [2.45, 2.75) is 18.7 Å². The van der Waals surface area contributed by atoms with Gasteiger partial charge in [0, 0.05) is 16.2 Å². The highest BCUT2D eigenvalue weighted by atomic mass is 32.2. The summed E-state index contributed by atoms with van der Waals surface area (Å²) < 4.78 is 33.3. The minimum atomic E-state index is -4.47. The maximum Gasteiger partial charge on any atom is 0.295 e. The van der Waals surface area contributed by atoms with Crippen LogP contribution in [0.2, 0.25) is 0 Å². The Hall–Kier alpha value is -3.62. The van der Waals surface area contributed by atoms with Crippen molar-refractivity contribution in [1.29, 1.82) is 0 Å². The number of hydrogen-bond acceptors (Lipinski definition) is 6. The number of azo groups is 1. The topological polar surface area (TPSA) is 118 Å². The largest absolute Gasteiger partial charge is 0.396 e. The number of hydrogen-bond donors (Lipinski definition) is 2. The van der Waals surface area contributed by atoms with Crippen LogP contribution in [0.4, 0.5) is 17.1 Å². The molecule has 0 saturated heterocycles. The zero-order valence-electron chi connectivity index (χ0n) is 17.6. The van der Waals surface area contributed by atoms with Gasteiger partial charge in [0.25, 0.3) is 10.1 Å². The maximum atomic E-state index is 11.9. The number of rotatable bonds is 4. The van der Waals surface area contributed by atoms with Gasteiger partial charge in [-0.1, -0.05) is 68.5 Å². The summed E-state index contributed by atoms with van der Waals surface area (Å²) in [5.41, 5.74) is 8.82. The highest BCUT2D eigenvalue weighted by Gasteiger charge is 2.18. The van der Waals surface area contributed by atoms with E-state index in [-0.39, 0.29) is 21.7 Å². The van der Waals surface area contributed by atoms with Gasteiger partial charge < -0.3 is 5.73 Å². The Labute approximate surface area is 186 Å². The van der Waals surface area contributed by atoms with Gasteiger partial charge in [0.2, 0.25) is 0 Å². The lowest BCUT2D eigenvalue weighted by Gasteiger charge is -2.12. The molecule has 1 heterocycles. The van der Waals surface area contributed by atoms with E-state index >= 15 is 0 Å². The molecule has 0 bridgehead atoms. The zero-order valence-corrected chi connectivity index (χ0v) is 18.4. The Bertz CT molecular complexity index is 1420. The molecule has 2 aromatic carbocycles. The Morgan fingerprint density at radius 3 is 2.47 bits per heavy atom. The summed E-state index contributed by atoms with van der Waals surface area (Å²) >= 11 is 0. The van der Waals surface area contributed by atoms with Gasteiger partial charge in [0.05, 0.1) is 17.6 Å². The fourth-order valence-corrected chi connectivity index (χ4v) is 4.08. The number of nitrogen functional groups attached to an aromatic ring is 1. The molecule has 0 aliphatic heterocycles. The first kappa shape index (κ1) is 21.6. The first-order valence-corrected chi connectivity index (χ1v) is 11.3. The van der Waals surface area contributed by atoms with Crippen molar-refractivity contribution < 1.29 is 13.0 Å². The molecular weight excluding hydrogens is 424 g/mol. The molecule has 1 aliphatic rings. The third-order valence-corrected chi connectivity index (χ3v) is 6.01. The van der Waals surface area contributed by atoms with Crippen LogP contribution in [0.5, 0.6) is 0 Å². The lowest BCUT2D eigenvalue weighted by molar-refractivity contribution is 0.484. The summed E-state index contributed by atoms with van der Waals surface area (Å²) in [6.07, 6.45) is 11.9. The van der Waals surface area contributed by atoms with Gasteiger partial charge in [-0.2, -0.15) is 8.42 Å². The first-order chi connectivity index (χ1) is 15.1. The van der Waals surface area contributed by atoms with E-state index in [1.165, 1.54) is 6.07 Å². The van der Waals surface area contributed by atoms with Gasteiger partial charge in [-0.3, -0.25) is 9.54 Å². The van der Waals surface area contributed by atoms with E-state index in [1.807, 2.05) is 24.3 Å². The van der Waals surface area contributed by atoms with E-state index < -0.39 is 10.1 Å². The number of fused-ring (bicyclic) bond motifs is 1. The van der Waals surface area contributed by atoms with Crippen molar-refractivity contribution in [3.63, 3.8) is 0 Å². The van der Waals surface area contributed by atoms with Crippen LogP contribution in [0.15, 0.2) is 94.2 Å². The molecule has 7 nitrogen and oxygen atoms in total. The number of aromatic nitrogens is 1. The van der Waals surface area contributed by atoms with E-state index in [0.717, 1.165) is 11.3 Å². The van der Waals surface area contributed by atoms with Gasteiger partial charge in [0.1, 0.15) is 16.3 Å². The van der Waals surface area contributed by atoms with Crippen LogP contribution in [-0.4, -0.2) is 18.0 Å². The quantitative estimate of drug-likeness (QED) is 0.289. The second-order valence-corrected chi connectivity index (χ2v) is 9.46. The fourth-order valence-electron chi connectivity index (χ4n) is 3.36. The molecule has 0 atom stereocenters. The third kappa shape index (κ3) is 4.51. The number of allylic oxidation sites excluding steroid dienone is 6. The van der Waals surface area contributed by atoms with Crippen molar-refractivity contribution in [1.82, 2.24) is 4.98 Å². The molecule has 0 saturated carbocycles. The van der Waals surface area contributed by atoms with Gasteiger partial charge in [-0.25, -0.2) is 0 Å². The summed E-state index contributed by atoms with van der Waals surface area (Å²) in [6.45, 7) is 4.25. The molecule has 32 heavy (non-hydrogen) atoms. The Kier molecular flexibility index (Phi) is 5.50. The zero-order chi connectivity index (χ0) is 22.9. The SMILES string of the molecule is CC1(C)C=CC=C(c2ccc(N=Nc3cc(S(=O)(=O)O)c4ccccc4c3N)cn2)C=C1. The molecule has 4 rings (SSSR count). The first-order valence-electron chi connectivity index (χ1n) is 9.90. The lowest BCUT2D eigenvalue weighted by atomic mass is 9.93. The molecule has 0 fully saturated rings. The van der Waals surface area contributed by atoms with E-state index in [2.05, 4.69) is 41.2 Å². The van der Waals surface area contributed by atoms with Crippen molar-refractivity contribution >= 4 is 43.5 Å². The van der Waals surface area contributed by atoms with E-state index in [4.69, 9.17) is 5.73 Å². The molecule has 0 spiro atoms. The Morgan fingerprint density at radius 2 is 1.78 bits per heavy atom. The number of benzene rings is 2. The molecule has 3 aromatic rings. The van der Waals surface area contributed by atoms with Crippen molar-refractivity contribution in [3.05, 3.63) is 84.7 Å². The molecule has 1 aliphatic carbocycles. The normalized spacial score (nSPS) is 15.8. The number of anilines is 1. The summed E-state index contributed by atoms with van der Waals surface area (Å²) in [4.78, 5) is 4.19. The molecule has 0 amide bonds. The predicted molar refractivity (Wildman–Crippen MR) is 127 cm³/mol. The summed E-state index contributed by atoms with van der Waals surface area (Å²) in [5.74, 6) is 0. The Morgan fingerprint density at radius 1 is 1.03 bits per heavy atom. The number of pyridine rings is 1. The van der Waals surface area contributed by atoms with Crippen LogP contribution >= 0.6 is 0 Å². The van der Waals surface area contributed by atoms with Crippen LogP contribution in [0.25, 0.3) is 16.3 Å². The maximum absolute atomic E-state index is 11.9. The predicted octanol–water partition coefficient (Wildman–Crippen LogP) is 6.01. The summed E-state index contributed by atoms with van der Waals surface area (Å²) in [6, 6.07) is 11.5. The van der Waals surface area contributed by atoms with Crippen LogP contribution in [0.3, 0.4) is 0 Å². The van der Waals surface area contributed by atoms with Crippen molar-refractivity contribution in [3.8, 4) is 0 Å². The van der Waals surface area contributed by atoms with Crippen molar-refractivity contribution in [2.75, 3.05) is 5.73 Å². The molecular formula is C24H22N4O3S. The number of nitrogens with two attached hydrogens (primary N) is 1. The molecule has 0 radical (unpaired) electrons. The van der Waals surface area contributed by atoms with Gasteiger partial charge in [-0.15, -0.1) is 10.2 Å². The van der Waals surface area contributed by atoms with Crippen LogP contribution in [-0.2, 0) is 10.1 Å². The Balaban J connectivity index is 1.66. The standard InChI is InChI=1S/C24H22N4O3S/c1-24(2)12-5-6-16(11-13-24)20-10-9-17(15-26-20)27-28-21-14-22(32(29,30)31)18-7-3-4-8-19(18)23(21)25/h3-15H,25H2,1-2H3,(H,29,30,31). The fraction of sp³-hybridized carbons (Fsp3) is 0.125. The minimum Gasteiger partial charge on any atom is -0.396 e. The summed E-state index contributed by atoms with van der Waals surface area (Å²) in [7, 11) is -4.47. The molecule has 162 valence electrons. The van der Waals surface area contributed by atoms with Crippen LogP contribution in [0, 0.1) is 5.41 Å².